The average Bonchev–Trinajstić information content (AvgIpc) is 2.63. The van der Waals surface area contributed by atoms with Crippen molar-refractivity contribution in [2.24, 2.45) is 0 Å². The number of carbonyl (C=O) groups is 1. The lowest BCUT2D eigenvalue weighted by Crippen LogP contribution is -2.29. The van der Waals surface area contributed by atoms with Crippen LogP contribution in [0.2, 0.25) is 0 Å². The minimum atomic E-state index is -0.204. The van der Waals surface area contributed by atoms with Crippen molar-refractivity contribution >= 4 is 22.8 Å². The third kappa shape index (κ3) is 4.43. The topological polar surface area (TPSA) is 107 Å². The smallest absolute Gasteiger partial charge is 0.253 e. The molecule has 0 unspecified atom stereocenters. The molecule has 2 aromatic rings. The third-order valence-corrected chi connectivity index (χ3v) is 4.51. The van der Waals surface area contributed by atoms with Gasteiger partial charge in [-0.15, -0.1) is 0 Å². The van der Waals surface area contributed by atoms with E-state index in [1.54, 1.807) is 12.3 Å². The van der Waals surface area contributed by atoms with Gasteiger partial charge in [0.2, 0.25) is 5.95 Å². The Morgan fingerprint density at radius 1 is 1.24 bits per heavy atom. The van der Waals surface area contributed by atoms with Crippen LogP contribution in [0.15, 0.2) is 24.4 Å². The lowest BCUT2D eigenvalue weighted by molar-refractivity contribution is 0.0952. The molecule has 0 bridgehead atoms. The molecule has 0 radical (unpaired) electrons. The van der Waals surface area contributed by atoms with Crippen LogP contribution in [0.3, 0.4) is 0 Å². The number of benzene rings is 1. The maximum atomic E-state index is 12.4. The van der Waals surface area contributed by atoms with E-state index in [1.165, 1.54) is 0 Å². The predicted molar refractivity (Wildman–Crippen MR) is 95.5 cm³/mol. The molecule has 0 atom stereocenters. The van der Waals surface area contributed by atoms with Crippen molar-refractivity contribution in [3.8, 4) is 0 Å². The number of para-hydroxylation sites is 1. The van der Waals surface area contributed by atoms with Crippen LogP contribution in [0.25, 0.3) is 10.9 Å². The van der Waals surface area contributed by atoms with Crippen molar-refractivity contribution in [1.82, 2.24) is 15.3 Å². The summed E-state index contributed by atoms with van der Waals surface area (Å²) in [6.45, 7) is 0.467. The second kappa shape index (κ2) is 8.22. The second-order valence-electron chi connectivity index (χ2n) is 6.42. The summed E-state index contributed by atoms with van der Waals surface area (Å²) in [5.41, 5.74) is 1.11. The molecular weight excluding hydrogens is 320 g/mol. The van der Waals surface area contributed by atoms with Crippen LogP contribution in [0.1, 0.15) is 42.5 Å². The van der Waals surface area contributed by atoms with Gasteiger partial charge in [0.05, 0.1) is 17.2 Å². The summed E-state index contributed by atoms with van der Waals surface area (Å²) in [6.07, 6.45) is 5.36. The summed E-state index contributed by atoms with van der Waals surface area (Å²) in [5, 5.41) is 25.3. The highest BCUT2D eigenvalue weighted by molar-refractivity contribution is 6.05. The number of hydrogen-bond donors (Lipinski definition) is 4. The minimum absolute atomic E-state index is 0.0438. The average molecular weight is 344 g/mol. The number of amides is 1. The van der Waals surface area contributed by atoms with Crippen LogP contribution in [-0.2, 0) is 0 Å². The van der Waals surface area contributed by atoms with Crippen LogP contribution < -0.4 is 10.6 Å². The summed E-state index contributed by atoms with van der Waals surface area (Å²) in [4.78, 5) is 21.3. The Hall–Kier alpha value is -2.25. The number of nitrogens with one attached hydrogen (secondary N) is 2. The van der Waals surface area contributed by atoms with Crippen LogP contribution in [0.5, 0.6) is 0 Å². The Bertz CT molecular complexity index is 729. The maximum Gasteiger partial charge on any atom is 0.253 e. The Morgan fingerprint density at radius 3 is 2.80 bits per heavy atom. The van der Waals surface area contributed by atoms with Gasteiger partial charge in [0.25, 0.3) is 5.91 Å². The van der Waals surface area contributed by atoms with E-state index >= 15 is 0 Å². The molecule has 1 aromatic heterocycles. The summed E-state index contributed by atoms with van der Waals surface area (Å²) in [6, 6.07) is 5.67. The van der Waals surface area contributed by atoms with Crippen molar-refractivity contribution < 1.29 is 15.0 Å². The standard InChI is InChI=1S/C18H24N4O3/c23-10-2-9-19-17(25)15-4-1-3-12-11-20-18(22-16(12)15)21-13-5-7-14(24)8-6-13/h1,3-4,11,13-14,23-24H,2,5-10H2,(H,19,25)(H,20,21,22). The fourth-order valence-corrected chi connectivity index (χ4v) is 3.09. The molecule has 3 rings (SSSR count). The molecule has 0 spiro atoms. The van der Waals surface area contributed by atoms with E-state index in [0.29, 0.717) is 30.0 Å². The number of nitrogens with zero attached hydrogens (tertiary/aromatic N) is 2. The van der Waals surface area contributed by atoms with E-state index < -0.39 is 0 Å². The molecule has 1 heterocycles. The van der Waals surface area contributed by atoms with E-state index in [4.69, 9.17) is 5.11 Å². The Balaban J connectivity index is 1.78. The van der Waals surface area contributed by atoms with Gasteiger partial charge in [-0.3, -0.25) is 4.79 Å². The van der Waals surface area contributed by atoms with Crippen LogP contribution in [0, 0.1) is 0 Å². The lowest BCUT2D eigenvalue weighted by atomic mass is 9.93. The molecule has 7 heteroatoms. The summed E-state index contributed by atoms with van der Waals surface area (Å²) in [7, 11) is 0. The van der Waals surface area contributed by atoms with Gasteiger partial charge in [0, 0.05) is 30.8 Å². The van der Waals surface area contributed by atoms with Gasteiger partial charge in [-0.2, -0.15) is 0 Å². The lowest BCUT2D eigenvalue weighted by Gasteiger charge is -2.26. The van der Waals surface area contributed by atoms with E-state index in [2.05, 4.69) is 20.6 Å². The number of aromatic nitrogens is 2. The monoisotopic (exact) mass is 344 g/mol. The fraction of sp³-hybridized carbons (Fsp3) is 0.500. The highest BCUT2D eigenvalue weighted by Gasteiger charge is 2.20. The Morgan fingerprint density at radius 2 is 2.04 bits per heavy atom. The molecule has 7 nitrogen and oxygen atoms in total. The number of aliphatic hydroxyl groups is 2. The Kier molecular flexibility index (Phi) is 5.78. The van der Waals surface area contributed by atoms with Crippen LogP contribution in [0.4, 0.5) is 5.95 Å². The first kappa shape index (κ1) is 17.6. The largest absolute Gasteiger partial charge is 0.396 e. The van der Waals surface area contributed by atoms with Crippen LogP contribution in [-0.4, -0.2) is 51.4 Å². The molecular formula is C18H24N4O3. The molecule has 134 valence electrons. The van der Waals surface area contributed by atoms with Gasteiger partial charge >= 0.3 is 0 Å². The number of aliphatic hydroxyl groups excluding tert-OH is 2. The zero-order valence-electron chi connectivity index (χ0n) is 14.1. The van der Waals surface area contributed by atoms with Crippen molar-refractivity contribution in [2.45, 2.75) is 44.2 Å². The summed E-state index contributed by atoms with van der Waals surface area (Å²) >= 11 is 0. The number of anilines is 1. The summed E-state index contributed by atoms with van der Waals surface area (Å²) in [5.74, 6) is 0.300. The van der Waals surface area contributed by atoms with E-state index in [0.717, 1.165) is 31.1 Å². The normalized spacial score (nSPS) is 20.4. The molecule has 1 saturated carbocycles. The van der Waals surface area contributed by atoms with Crippen molar-refractivity contribution in [2.75, 3.05) is 18.5 Å². The van der Waals surface area contributed by atoms with Crippen molar-refractivity contribution in [3.05, 3.63) is 30.0 Å². The minimum Gasteiger partial charge on any atom is -0.396 e. The first-order chi connectivity index (χ1) is 12.2. The highest BCUT2D eigenvalue weighted by Crippen LogP contribution is 2.22. The number of hydrogen-bond acceptors (Lipinski definition) is 6. The van der Waals surface area contributed by atoms with Crippen molar-refractivity contribution in [1.29, 1.82) is 0 Å². The van der Waals surface area contributed by atoms with Crippen molar-refractivity contribution in [3.63, 3.8) is 0 Å². The first-order valence-corrected chi connectivity index (χ1v) is 8.77. The Labute approximate surface area is 146 Å². The predicted octanol–water partition coefficient (Wildman–Crippen LogP) is 1.46. The summed E-state index contributed by atoms with van der Waals surface area (Å²) < 4.78 is 0. The first-order valence-electron chi connectivity index (χ1n) is 8.77. The van der Waals surface area contributed by atoms with E-state index in [-0.39, 0.29) is 24.7 Å². The third-order valence-electron chi connectivity index (χ3n) is 4.51. The van der Waals surface area contributed by atoms with E-state index in [9.17, 15) is 9.90 Å². The number of fused-ring (bicyclic) bond motifs is 1. The molecule has 1 amide bonds. The molecule has 1 fully saturated rings. The van der Waals surface area contributed by atoms with E-state index in [1.807, 2.05) is 12.1 Å². The zero-order valence-corrected chi connectivity index (χ0v) is 14.1. The molecule has 25 heavy (non-hydrogen) atoms. The quantitative estimate of drug-likeness (QED) is 0.591. The van der Waals surface area contributed by atoms with Gasteiger partial charge in [0.15, 0.2) is 0 Å². The molecule has 0 aliphatic heterocycles. The number of carbonyl (C=O) groups excluding carboxylic acids is 1. The molecule has 1 aromatic carbocycles. The van der Waals surface area contributed by atoms with Crippen LogP contribution >= 0.6 is 0 Å². The number of rotatable bonds is 6. The van der Waals surface area contributed by atoms with Gasteiger partial charge in [0.1, 0.15) is 0 Å². The second-order valence-corrected chi connectivity index (χ2v) is 6.42. The van der Waals surface area contributed by atoms with Gasteiger partial charge in [-0.05, 0) is 38.2 Å². The fourth-order valence-electron chi connectivity index (χ4n) is 3.09. The van der Waals surface area contributed by atoms with Gasteiger partial charge in [-0.1, -0.05) is 12.1 Å². The SMILES string of the molecule is O=C(NCCCO)c1cccc2cnc(NC3CCC(O)CC3)nc12. The molecule has 1 aliphatic rings. The zero-order chi connectivity index (χ0) is 17.6. The molecule has 0 saturated heterocycles. The molecule has 4 N–H and O–H groups in total. The molecule has 1 aliphatic carbocycles. The maximum absolute atomic E-state index is 12.4. The van der Waals surface area contributed by atoms with Gasteiger partial charge < -0.3 is 20.8 Å². The highest BCUT2D eigenvalue weighted by atomic mass is 16.3. The van der Waals surface area contributed by atoms with Gasteiger partial charge in [-0.25, -0.2) is 9.97 Å².